The molecule has 2 aromatic carbocycles. The summed E-state index contributed by atoms with van der Waals surface area (Å²) in [6, 6.07) is 13.6. The number of fused-ring (bicyclic) bond motifs is 2. The Bertz CT molecular complexity index is 1020. The molecule has 0 radical (unpaired) electrons. The molecule has 0 saturated heterocycles. The van der Waals surface area contributed by atoms with Gasteiger partial charge >= 0.3 is 0 Å². The van der Waals surface area contributed by atoms with Gasteiger partial charge in [0.05, 0.1) is 16.8 Å². The molecule has 1 amide bonds. The van der Waals surface area contributed by atoms with Crippen LogP contribution >= 0.6 is 11.8 Å². The summed E-state index contributed by atoms with van der Waals surface area (Å²) in [6.07, 6.45) is 0.850. The third-order valence-electron chi connectivity index (χ3n) is 4.66. The number of nitrogens with zero attached hydrogens (tertiary/aromatic N) is 2. The molecule has 0 fully saturated rings. The van der Waals surface area contributed by atoms with Crippen molar-refractivity contribution in [2.75, 3.05) is 37.5 Å². The number of amides is 1. The van der Waals surface area contributed by atoms with Crippen molar-refractivity contribution in [3.8, 4) is 11.5 Å². The van der Waals surface area contributed by atoms with Gasteiger partial charge in [0.2, 0.25) is 11.9 Å². The summed E-state index contributed by atoms with van der Waals surface area (Å²) in [6.45, 7) is 5.19. The molecule has 0 bridgehead atoms. The summed E-state index contributed by atoms with van der Waals surface area (Å²) in [7, 11) is 0. The number of benzene rings is 2. The summed E-state index contributed by atoms with van der Waals surface area (Å²) in [5.41, 5.74) is 1.87. The van der Waals surface area contributed by atoms with E-state index in [9.17, 15) is 4.79 Å². The van der Waals surface area contributed by atoms with E-state index >= 15 is 0 Å². The average molecular weight is 428 g/mol. The molecule has 30 heavy (non-hydrogen) atoms. The highest BCUT2D eigenvalue weighted by Crippen LogP contribution is 2.34. The van der Waals surface area contributed by atoms with Crippen LogP contribution in [0.25, 0.3) is 11.0 Å². The molecule has 4 rings (SSSR count). The Kier molecular flexibility index (Phi) is 6.76. The maximum atomic E-state index is 12.6. The van der Waals surface area contributed by atoms with Gasteiger partial charge in [0.1, 0.15) is 13.2 Å². The van der Waals surface area contributed by atoms with Crippen LogP contribution in [-0.2, 0) is 16.1 Å². The molecule has 0 saturated carbocycles. The minimum atomic E-state index is -0.101. The van der Waals surface area contributed by atoms with Gasteiger partial charge in [-0.3, -0.25) is 10.1 Å². The van der Waals surface area contributed by atoms with E-state index in [0.717, 1.165) is 40.4 Å². The fraction of sp³-hybridized carbons (Fsp3) is 0.364. The first-order valence-electron chi connectivity index (χ1n) is 10.1. The van der Waals surface area contributed by atoms with Gasteiger partial charge in [-0.05, 0) is 43.7 Å². The highest BCUT2D eigenvalue weighted by Gasteiger charge is 2.15. The van der Waals surface area contributed by atoms with E-state index in [1.807, 2.05) is 54.0 Å². The molecule has 0 atom stereocenters. The predicted octanol–water partition coefficient (Wildman–Crippen LogP) is 3.96. The number of anilines is 1. The number of thioether (sulfide) groups is 1. The van der Waals surface area contributed by atoms with Crippen LogP contribution < -0.4 is 14.8 Å². The van der Waals surface area contributed by atoms with Crippen LogP contribution in [0, 0.1) is 0 Å². The first-order chi connectivity index (χ1) is 14.7. The number of nitrogens with one attached hydrogen (secondary N) is 1. The number of carbonyl (C=O) groups is 1. The molecule has 1 aliphatic rings. The van der Waals surface area contributed by atoms with E-state index in [1.165, 1.54) is 11.8 Å². The van der Waals surface area contributed by atoms with Crippen LogP contribution in [0.3, 0.4) is 0 Å². The smallest absolute Gasteiger partial charge is 0.237 e. The zero-order valence-electron chi connectivity index (χ0n) is 16.9. The first-order valence-corrected chi connectivity index (χ1v) is 11.1. The van der Waals surface area contributed by atoms with E-state index in [-0.39, 0.29) is 11.7 Å². The number of aryl methyl sites for hydroxylation is 1. The number of hydrogen-bond acceptors (Lipinski definition) is 6. The highest BCUT2D eigenvalue weighted by atomic mass is 32.2. The Morgan fingerprint density at radius 1 is 1.20 bits per heavy atom. The van der Waals surface area contributed by atoms with Gasteiger partial charge in [0.25, 0.3) is 0 Å². The number of rotatable bonds is 9. The van der Waals surface area contributed by atoms with Crippen molar-refractivity contribution in [1.29, 1.82) is 0 Å². The molecule has 0 spiro atoms. The number of ether oxygens (including phenoxy) is 3. The van der Waals surface area contributed by atoms with Gasteiger partial charge in [-0.2, -0.15) is 0 Å². The number of hydrogen-bond donors (Lipinski definition) is 1. The van der Waals surface area contributed by atoms with Crippen LogP contribution in [0.4, 0.5) is 5.95 Å². The third-order valence-corrected chi connectivity index (χ3v) is 5.66. The molecule has 1 aromatic heterocycles. The van der Waals surface area contributed by atoms with Crippen molar-refractivity contribution in [1.82, 2.24) is 9.55 Å². The second kappa shape index (κ2) is 9.86. The lowest BCUT2D eigenvalue weighted by molar-refractivity contribution is -0.113. The normalized spacial score (nSPS) is 12.8. The quantitative estimate of drug-likeness (QED) is 0.412. The second-order valence-electron chi connectivity index (χ2n) is 6.77. The van der Waals surface area contributed by atoms with E-state index < -0.39 is 0 Å². The highest BCUT2D eigenvalue weighted by molar-refractivity contribution is 8.00. The molecular weight excluding hydrogens is 402 g/mol. The van der Waals surface area contributed by atoms with Crippen molar-refractivity contribution >= 4 is 34.7 Å². The van der Waals surface area contributed by atoms with Crippen molar-refractivity contribution < 1.29 is 19.0 Å². The fourth-order valence-electron chi connectivity index (χ4n) is 3.29. The summed E-state index contributed by atoms with van der Waals surface area (Å²) in [5.74, 6) is 2.22. The van der Waals surface area contributed by atoms with Crippen LogP contribution in [0.1, 0.15) is 13.3 Å². The van der Waals surface area contributed by atoms with Crippen LogP contribution in [-0.4, -0.2) is 47.6 Å². The SMILES string of the molecule is CCOCCCn1c(NC(=O)CSc2ccc3c(c2)OCCO3)nc2ccccc21. The fourth-order valence-corrected chi connectivity index (χ4v) is 4.01. The Balaban J connectivity index is 1.41. The standard InChI is InChI=1S/C22H25N3O4S/c1-2-27-11-5-10-25-18-7-4-3-6-17(18)23-22(25)24-21(26)15-30-16-8-9-19-20(14-16)29-13-12-28-19/h3-4,6-9,14H,2,5,10-13,15H2,1H3,(H,23,24,26). The Morgan fingerprint density at radius 2 is 2.03 bits per heavy atom. The van der Waals surface area contributed by atoms with E-state index in [4.69, 9.17) is 14.2 Å². The number of para-hydroxylation sites is 2. The minimum absolute atomic E-state index is 0.101. The average Bonchev–Trinajstić information content (AvgIpc) is 3.12. The molecular formula is C22H25N3O4S. The Morgan fingerprint density at radius 3 is 2.90 bits per heavy atom. The molecule has 158 valence electrons. The van der Waals surface area contributed by atoms with Gasteiger partial charge in [-0.15, -0.1) is 11.8 Å². The Labute approximate surface area is 179 Å². The molecule has 0 unspecified atom stereocenters. The molecule has 7 nitrogen and oxygen atoms in total. The van der Waals surface area contributed by atoms with E-state index in [1.54, 1.807) is 0 Å². The van der Waals surface area contributed by atoms with Gasteiger partial charge in [0, 0.05) is 24.7 Å². The molecule has 2 heterocycles. The van der Waals surface area contributed by atoms with Crippen LogP contribution in [0.2, 0.25) is 0 Å². The molecule has 3 aromatic rings. The molecule has 0 aliphatic carbocycles. The maximum absolute atomic E-state index is 12.6. The summed E-state index contributed by atoms with van der Waals surface area (Å²) < 4.78 is 18.6. The summed E-state index contributed by atoms with van der Waals surface area (Å²) in [4.78, 5) is 18.2. The van der Waals surface area contributed by atoms with Gasteiger partial charge < -0.3 is 18.8 Å². The van der Waals surface area contributed by atoms with Crippen molar-refractivity contribution in [2.45, 2.75) is 24.8 Å². The van der Waals surface area contributed by atoms with Gasteiger partial charge in [-0.1, -0.05) is 12.1 Å². The number of carbonyl (C=O) groups excluding carboxylic acids is 1. The van der Waals surface area contributed by atoms with Gasteiger partial charge in [0.15, 0.2) is 11.5 Å². The van der Waals surface area contributed by atoms with Crippen molar-refractivity contribution in [3.05, 3.63) is 42.5 Å². The van der Waals surface area contributed by atoms with Crippen molar-refractivity contribution in [2.24, 2.45) is 0 Å². The maximum Gasteiger partial charge on any atom is 0.237 e. The summed E-state index contributed by atoms with van der Waals surface area (Å²) in [5, 5.41) is 2.97. The van der Waals surface area contributed by atoms with Crippen molar-refractivity contribution in [3.63, 3.8) is 0 Å². The minimum Gasteiger partial charge on any atom is -0.486 e. The third kappa shape index (κ3) is 4.88. The molecule has 1 N–H and O–H groups in total. The van der Waals surface area contributed by atoms with E-state index in [2.05, 4.69) is 10.3 Å². The first kappa shape index (κ1) is 20.6. The predicted molar refractivity (Wildman–Crippen MR) is 118 cm³/mol. The number of imidazole rings is 1. The molecule has 8 heteroatoms. The monoisotopic (exact) mass is 427 g/mol. The second-order valence-corrected chi connectivity index (χ2v) is 7.82. The lowest BCUT2D eigenvalue weighted by Crippen LogP contribution is -2.18. The van der Waals surface area contributed by atoms with Crippen LogP contribution in [0.15, 0.2) is 47.4 Å². The summed E-state index contributed by atoms with van der Waals surface area (Å²) >= 11 is 1.45. The van der Waals surface area contributed by atoms with E-state index in [0.29, 0.717) is 32.4 Å². The largest absolute Gasteiger partial charge is 0.486 e. The van der Waals surface area contributed by atoms with Gasteiger partial charge in [-0.25, -0.2) is 4.98 Å². The Hall–Kier alpha value is -2.71. The topological polar surface area (TPSA) is 74.6 Å². The van der Waals surface area contributed by atoms with Crippen LogP contribution in [0.5, 0.6) is 11.5 Å². The zero-order chi connectivity index (χ0) is 20.8. The lowest BCUT2D eigenvalue weighted by Gasteiger charge is -2.18. The number of aromatic nitrogens is 2. The lowest BCUT2D eigenvalue weighted by atomic mass is 10.3. The zero-order valence-corrected chi connectivity index (χ0v) is 17.7. The molecule has 1 aliphatic heterocycles.